The predicted octanol–water partition coefficient (Wildman–Crippen LogP) is 2.70. The summed E-state index contributed by atoms with van der Waals surface area (Å²) in [7, 11) is 1.52. The van der Waals surface area contributed by atoms with E-state index in [1.165, 1.54) is 18.9 Å². The number of nitriles is 2. The first-order valence-corrected chi connectivity index (χ1v) is 7.87. The van der Waals surface area contributed by atoms with Crippen LogP contribution in [0.15, 0.2) is 47.5 Å². The SMILES string of the molecule is C=CCSC1=C(C#N)C(c2ccccc2OC)C(C#N)C(=O)N1. The number of para-hydroxylation sites is 1. The first kappa shape index (κ1) is 16.7. The lowest BCUT2D eigenvalue weighted by Crippen LogP contribution is -2.39. The van der Waals surface area contributed by atoms with Crippen LogP contribution >= 0.6 is 11.8 Å². The second-order valence-electron chi connectivity index (χ2n) is 4.77. The van der Waals surface area contributed by atoms with Gasteiger partial charge in [-0.2, -0.15) is 10.5 Å². The first-order chi connectivity index (χ1) is 11.2. The summed E-state index contributed by atoms with van der Waals surface area (Å²) in [5.41, 5.74) is 1.03. The van der Waals surface area contributed by atoms with E-state index in [1.54, 1.807) is 30.3 Å². The third kappa shape index (κ3) is 3.23. The number of rotatable bonds is 5. The molecule has 116 valence electrons. The lowest BCUT2D eigenvalue weighted by molar-refractivity contribution is -0.123. The molecule has 23 heavy (non-hydrogen) atoms. The Morgan fingerprint density at radius 1 is 1.43 bits per heavy atom. The molecule has 0 aromatic heterocycles. The fraction of sp³-hybridized carbons (Fsp3) is 0.235. The van der Waals surface area contributed by atoms with Gasteiger partial charge in [-0.15, -0.1) is 18.3 Å². The minimum Gasteiger partial charge on any atom is -0.496 e. The van der Waals surface area contributed by atoms with Gasteiger partial charge in [-0.05, 0) is 6.07 Å². The highest BCUT2D eigenvalue weighted by Gasteiger charge is 2.40. The molecular weight excluding hydrogens is 310 g/mol. The van der Waals surface area contributed by atoms with Crippen LogP contribution < -0.4 is 10.1 Å². The maximum Gasteiger partial charge on any atom is 0.243 e. The molecule has 1 heterocycles. The van der Waals surface area contributed by atoms with Crippen LogP contribution in [0.1, 0.15) is 11.5 Å². The van der Waals surface area contributed by atoms with Crippen LogP contribution in [-0.4, -0.2) is 18.8 Å². The van der Waals surface area contributed by atoms with E-state index in [9.17, 15) is 15.3 Å². The number of carbonyl (C=O) groups excluding carboxylic acids is 1. The summed E-state index contributed by atoms with van der Waals surface area (Å²) in [4.78, 5) is 12.3. The summed E-state index contributed by atoms with van der Waals surface area (Å²) < 4.78 is 5.34. The van der Waals surface area contributed by atoms with Crippen LogP contribution in [-0.2, 0) is 4.79 Å². The molecule has 1 aliphatic heterocycles. The van der Waals surface area contributed by atoms with Crippen molar-refractivity contribution in [2.24, 2.45) is 5.92 Å². The standard InChI is InChI=1S/C17H15N3O2S/c1-3-8-23-17-13(10-19)15(12(9-18)16(21)20-17)11-6-4-5-7-14(11)22-2/h3-7,12,15H,1,8H2,2H3,(H,20,21). The number of benzene rings is 1. The molecule has 0 bridgehead atoms. The summed E-state index contributed by atoms with van der Waals surface area (Å²) >= 11 is 1.32. The molecule has 1 N–H and O–H groups in total. The van der Waals surface area contributed by atoms with Gasteiger partial charge in [0, 0.05) is 11.3 Å². The van der Waals surface area contributed by atoms with Crippen LogP contribution in [0.25, 0.3) is 0 Å². The number of nitrogens with zero attached hydrogens (tertiary/aromatic N) is 2. The number of nitrogens with one attached hydrogen (secondary N) is 1. The Hall–Kier alpha value is -2.70. The molecule has 0 fully saturated rings. The number of thioether (sulfide) groups is 1. The van der Waals surface area contributed by atoms with Crippen molar-refractivity contribution in [3.8, 4) is 17.9 Å². The molecule has 2 rings (SSSR count). The average molecular weight is 325 g/mol. The summed E-state index contributed by atoms with van der Waals surface area (Å²) in [6.07, 6.45) is 1.69. The van der Waals surface area contributed by atoms with Crippen molar-refractivity contribution >= 4 is 17.7 Å². The second kappa shape index (κ2) is 7.53. The smallest absolute Gasteiger partial charge is 0.243 e. The molecule has 6 heteroatoms. The first-order valence-electron chi connectivity index (χ1n) is 6.89. The van der Waals surface area contributed by atoms with Gasteiger partial charge in [0.15, 0.2) is 0 Å². The number of amides is 1. The highest BCUT2D eigenvalue weighted by molar-refractivity contribution is 8.03. The maximum atomic E-state index is 12.3. The summed E-state index contributed by atoms with van der Waals surface area (Å²) in [5.74, 6) is -0.935. The fourth-order valence-electron chi connectivity index (χ4n) is 2.48. The lowest BCUT2D eigenvalue weighted by atomic mass is 9.79. The Bertz CT molecular complexity index is 743. The number of ether oxygens (including phenoxy) is 1. The second-order valence-corrected chi connectivity index (χ2v) is 5.80. The van der Waals surface area contributed by atoms with E-state index >= 15 is 0 Å². The van der Waals surface area contributed by atoms with Crippen molar-refractivity contribution in [2.45, 2.75) is 5.92 Å². The van der Waals surface area contributed by atoms with Crippen molar-refractivity contribution in [2.75, 3.05) is 12.9 Å². The topological polar surface area (TPSA) is 85.9 Å². The zero-order valence-corrected chi connectivity index (χ0v) is 13.4. The number of hydrogen-bond donors (Lipinski definition) is 1. The molecule has 1 aliphatic rings. The molecule has 0 radical (unpaired) electrons. The van der Waals surface area contributed by atoms with Crippen LogP contribution in [0, 0.1) is 28.6 Å². The van der Waals surface area contributed by atoms with Gasteiger partial charge < -0.3 is 10.1 Å². The normalized spacial score (nSPS) is 20.2. The van der Waals surface area contributed by atoms with E-state index in [0.29, 0.717) is 27.7 Å². The number of methoxy groups -OCH3 is 1. The highest BCUT2D eigenvalue weighted by atomic mass is 32.2. The van der Waals surface area contributed by atoms with Crippen LogP contribution in [0.5, 0.6) is 5.75 Å². The van der Waals surface area contributed by atoms with Crippen LogP contribution in [0.2, 0.25) is 0 Å². The van der Waals surface area contributed by atoms with Crippen molar-refractivity contribution in [3.63, 3.8) is 0 Å². The van der Waals surface area contributed by atoms with E-state index in [1.807, 2.05) is 6.07 Å². The Morgan fingerprint density at radius 3 is 2.78 bits per heavy atom. The van der Waals surface area contributed by atoms with Crippen molar-refractivity contribution < 1.29 is 9.53 Å². The van der Waals surface area contributed by atoms with Gasteiger partial charge in [0.05, 0.1) is 35.8 Å². The van der Waals surface area contributed by atoms with Gasteiger partial charge >= 0.3 is 0 Å². The predicted molar refractivity (Wildman–Crippen MR) is 88.3 cm³/mol. The van der Waals surface area contributed by atoms with E-state index < -0.39 is 17.7 Å². The molecule has 1 aromatic carbocycles. The molecule has 0 spiro atoms. The Balaban J connectivity index is 2.63. The molecule has 5 nitrogen and oxygen atoms in total. The fourth-order valence-corrected chi connectivity index (χ4v) is 3.27. The minimum atomic E-state index is -0.978. The van der Waals surface area contributed by atoms with Gasteiger partial charge in [-0.3, -0.25) is 4.79 Å². The molecule has 1 amide bonds. The van der Waals surface area contributed by atoms with E-state index in [2.05, 4.69) is 18.0 Å². The van der Waals surface area contributed by atoms with E-state index in [4.69, 9.17) is 4.74 Å². The maximum absolute atomic E-state index is 12.3. The summed E-state index contributed by atoms with van der Waals surface area (Å²) in [6, 6.07) is 11.3. The zero-order chi connectivity index (χ0) is 16.8. The third-order valence-electron chi connectivity index (χ3n) is 3.49. The molecule has 1 aromatic rings. The minimum absolute atomic E-state index is 0.368. The quantitative estimate of drug-likeness (QED) is 0.841. The summed E-state index contributed by atoms with van der Waals surface area (Å²) in [5, 5.41) is 22.2. The molecule has 2 unspecified atom stereocenters. The molecule has 0 saturated heterocycles. The largest absolute Gasteiger partial charge is 0.496 e. The van der Waals surface area contributed by atoms with E-state index in [-0.39, 0.29) is 0 Å². The number of hydrogen-bond acceptors (Lipinski definition) is 5. The Labute approximate surface area is 139 Å². The Kier molecular flexibility index (Phi) is 5.46. The lowest BCUT2D eigenvalue weighted by Gasteiger charge is -2.29. The summed E-state index contributed by atoms with van der Waals surface area (Å²) in [6.45, 7) is 3.64. The van der Waals surface area contributed by atoms with Gasteiger partial charge in [-0.1, -0.05) is 24.3 Å². The Morgan fingerprint density at radius 2 is 2.17 bits per heavy atom. The molecule has 2 atom stereocenters. The van der Waals surface area contributed by atoms with Crippen LogP contribution in [0.4, 0.5) is 0 Å². The number of allylic oxidation sites excluding steroid dienone is 1. The number of carbonyl (C=O) groups is 1. The average Bonchev–Trinajstić information content (AvgIpc) is 2.59. The van der Waals surface area contributed by atoms with Gasteiger partial charge in [-0.25, -0.2) is 0 Å². The van der Waals surface area contributed by atoms with Crippen molar-refractivity contribution in [1.29, 1.82) is 10.5 Å². The molecule has 0 saturated carbocycles. The van der Waals surface area contributed by atoms with Crippen molar-refractivity contribution in [1.82, 2.24) is 5.32 Å². The molecule has 0 aliphatic carbocycles. The van der Waals surface area contributed by atoms with Gasteiger partial charge in [0.25, 0.3) is 0 Å². The van der Waals surface area contributed by atoms with E-state index in [0.717, 1.165) is 0 Å². The van der Waals surface area contributed by atoms with Gasteiger partial charge in [0.2, 0.25) is 5.91 Å². The zero-order valence-electron chi connectivity index (χ0n) is 12.6. The van der Waals surface area contributed by atoms with Crippen molar-refractivity contribution in [3.05, 3.63) is 53.1 Å². The van der Waals surface area contributed by atoms with Crippen LogP contribution in [0.3, 0.4) is 0 Å². The highest BCUT2D eigenvalue weighted by Crippen LogP contribution is 2.42. The monoisotopic (exact) mass is 325 g/mol. The van der Waals surface area contributed by atoms with Gasteiger partial charge in [0.1, 0.15) is 11.7 Å². The third-order valence-corrected chi connectivity index (χ3v) is 4.50. The molecular formula is C17H15N3O2S.